The fraction of sp³-hybridized carbons (Fsp3) is 0.259. The van der Waals surface area contributed by atoms with Gasteiger partial charge in [0.25, 0.3) is 5.91 Å². The minimum absolute atomic E-state index is 0.000327. The molecule has 2 amide bonds. The van der Waals surface area contributed by atoms with E-state index < -0.39 is 5.41 Å². The predicted molar refractivity (Wildman–Crippen MR) is 144 cm³/mol. The number of nitrogens with zero attached hydrogens (tertiary/aromatic N) is 4. The number of nitrogens with one attached hydrogen (secondary N) is 3. The van der Waals surface area contributed by atoms with Crippen LogP contribution in [-0.4, -0.2) is 26.8 Å². The summed E-state index contributed by atoms with van der Waals surface area (Å²) in [4.78, 5) is 38.9. The van der Waals surface area contributed by atoms with Gasteiger partial charge in [0.15, 0.2) is 9.96 Å². The van der Waals surface area contributed by atoms with Crippen LogP contribution in [0.5, 0.6) is 0 Å². The number of anilines is 4. The number of carbonyl (C=O) groups excluding carboxylic acids is 2. The van der Waals surface area contributed by atoms with Crippen molar-refractivity contribution in [2.75, 3.05) is 16.0 Å². The van der Waals surface area contributed by atoms with Crippen LogP contribution in [0.2, 0.25) is 0 Å². The van der Waals surface area contributed by atoms with Gasteiger partial charge in [0.2, 0.25) is 11.9 Å². The van der Waals surface area contributed by atoms with Crippen LogP contribution < -0.4 is 16.0 Å². The van der Waals surface area contributed by atoms with Gasteiger partial charge < -0.3 is 16.0 Å². The number of aromatic nitrogens is 3. The minimum atomic E-state index is -0.694. The first-order chi connectivity index (χ1) is 17.7. The fourth-order valence-electron chi connectivity index (χ4n) is 3.67. The Morgan fingerprint density at radius 3 is 2.68 bits per heavy atom. The highest BCUT2D eigenvalue weighted by atomic mass is 32.1. The molecule has 2 heterocycles. The van der Waals surface area contributed by atoms with Crippen molar-refractivity contribution in [3.8, 4) is 6.07 Å². The Balaban J connectivity index is 1.32. The molecule has 1 aliphatic rings. The molecule has 0 atom stereocenters. The van der Waals surface area contributed by atoms with E-state index in [0.717, 1.165) is 29.7 Å². The van der Waals surface area contributed by atoms with E-state index in [0.29, 0.717) is 32.7 Å². The van der Waals surface area contributed by atoms with Gasteiger partial charge in [0, 0.05) is 22.9 Å². The molecule has 0 spiro atoms. The first kappa shape index (κ1) is 24.3. The molecule has 1 fully saturated rings. The summed E-state index contributed by atoms with van der Waals surface area (Å²) in [6.07, 6.45) is 3.47. The second kappa shape index (κ2) is 9.59. The highest BCUT2D eigenvalue weighted by molar-refractivity contribution is 7.21. The van der Waals surface area contributed by atoms with Gasteiger partial charge in [0.05, 0.1) is 17.7 Å². The molecule has 5 rings (SSSR count). The summed E-state index contributed by atoms with van der Waals surface area (Å²) in [6.45, 7) is 5.58. The summed E-state index contributed by atoms with van der Waals surface area (Å²) < 4.78 is 0. The molecule has 2 aromatic carbocycles. The van der Waals surface area contributed by atoms with Crippen LogP contribution in [0.25, 0.3) is 10.3 Å². The van der Waals surface area contributed by atoms with Crippen molar-refractivity contribution in [1.29, 1.82) is 5.26 Å². The van der Waals surface area contributed by atoms with Crippen LogP contribution in [0.1, 0.15) is 48.2 Å². The lowest BCUT2D eigenvalue weighted by atomic mass is 9.85. The Labute approximate surface area is 218 Å². The van der Waals surface area contributed by atoms with E-state index >= 15 is 0 Å². The first-order valence-electron chi connectivity index (χ1n) is 11.9. The largest absolute Gasteiger partial charge is 0.324 e. The van der Waals surface area contributed by atoms with Crippen LogP contribution in [0.15, 0.2) is 48.7 Å². The Hall–Kier alpha value is -4.36. The third-order valence-electron chi connectivity index (χ3n) is 6.20. The molecule has 1 saturated carbocycles. The molecule has 0 saturated heterocycles. The molecule has 37 heavy (non-hydrogen) atoms. The van der Waals surface area contributed by atoms with Crippen LogP contribution in [0.4, 0.5) is 22.5 Å². The lowest BCUT2D eigenvalue weighted by molar-refractivity contribution is -0.117. The lowest BCUT2D eigenvalue weighted by Gasteiger charge is -2.17. The molecular weight excluding hydrogens is 486 g/mol. The third kappa shape index (κ3) is 5.42. The van der Waals surface area contributed by atoms with Crippen LogP contribution in [-0.2, 0) is 10.2 Å². The van der Waals surface area contributed by atoms with E-state index in [1.807, 2.05) is 45.0 Å². The summed E-state index contributed by atoms with van der Waals surface area (Å²) >= 11 is 1.30. The molecule has 10 heteroatoms. The van der Waals surface area contributed by atoms with Crippen LogP contribution >= 0.6 is 11.3 Å². The number of hydrogen-bond donors (Lipinski definition) is 3. The highest BCUT2D eigenvalue weighted by Crippen LogP contribution is 2.32. The maximum absolute atomic E-state index is 12.9. The number of benzene rings is 2. The summed E-state index contributed by atoms with van der Waals surface area (Å²) in [7, 11) is 0. The third-order valence-corrected chi connectivity index (χ3v) is 7.08. The van der Waals surface area contributed by atoms with E-state index in [2.05, 4.69) is 37.0 Å². The van der Waals surface area contributed by atoms with E-state index in [9.17, 15) is 14.9 Å². The number of amides is 2. The van der Waals surface area contributed by atoms with Crippen molar-refractivity contribution in [3.63, 3.8) is 0 Å². The van der Waals surface area contributed by atoms with Gasteiger partial charge in [0.1, 0.15) is 5.52 Å². The van der Waals surface area contributed by atoms with E-state index in [1.54, 1.807) is 24.4 Å². The number of nitriles is 1. The molecule has 1 aliphatic carbocycles. The van der Waals surface area contributed by atoms with Crippen molar-refractivity contribution in [2.45, 2.75) is 39.0 Å². The van der Waals surface area contributed by atoms with Crippen molar-refractivity contribution < 1.29 is 9.59 Å². The molecule has 0 bridgehead atoms. The second-order valence-corrected chi connectivity index (χ2v) is 10.6. The van der Waals surface area contributed by atoms with Gasteiger partial charge in [-0.15, -0.1) is 0 Å². The zero-order chi connectivity index (χ0) is 26.2. The topological polar surface area (TPSA) is 133 Å². The average Bonchev–Trinajstić information content (AvgIpc) is 3.67. The molecule has 2 aromatic heterocycles. The van der Waals surface area contributed by atoms with Gasteiger partial charge in [-0.05, 0) is 69.0 Å². The van der Waals surface area contributed by atoms with Gasteiger partial charge >= 0.3 is 0 Å². The first-order valence-corrected chi connectivity index (χ1v) is 12.7. The average molecular weight is 512 g/mol. The zero-order valence-corrected chi connectivity index (χ0v) is 21.4. The molecule has 3 N–H and O–H groups in total. The van der Waals surface area contributed by atoms with Crippen LogP contribution in [0, 0.1) is 24.2 Å². The maximum Gasteiger partial charge on any atom is 0.255 e. The monoisotopic (exact) mass is 511 g/mol. The number of thiazole rings is 1. The van der Waals surface area contributed by atoms with Crippen molar-refractivity contribution in [3.05, 3.63) is 65.4 Å². The minimum Gasteiger partial charge on any atom is -0.324 e. The Kier molecular flexibility index (Phi) is 6.31. The number of carbonyl (C=O) groups is 2. The highest BCUT2D eigenvalue weighted by Gasteiger charge is 2.30. The van der Waals surface area contributed by atoms with Gasteiger partial charge in [-0.3, -0.25) is 9.59 Å². The van der Waals surface area contributed by atoms with Crippen LogP contribution in [0.3, 0.4) is 0 Å². The Bertz CT molecular complexity index is 1570. The fourth-order valence-corrected chi connectivity index (χ4v) is 4.49. The van der Waals surface area contributed by atoms with Crippen molar-refractivity contribution >= 4 is 56.0 Å². The quantitative estimate of drug-likeness (QED) is 0.297. The molecule has 0 unspecified atom stereocenters. The molecular formula is C27H25N7O2S. The number of fused-ring (bicyclic) bond motifs is 1. The number of rotatable bonds is 7. The summed E-state index contributed by atoms with van der Waals surface area (Å²) in [5, 5.41) is 18.9. The Morgan fingerprint density at radius 2 is 1.92 bits per heavy atom. The standard InChI is InChI=1S/C27H25N7O2S/c1-15-7-10-19(30-23(36)17-5-4-6-18(11-17)27(2,3)14-28)12-20(15)31-25-29-13-21-24(34-25)37-26(32-21)33-22(35)16-8-9-16/h4-7,10-13,16H,8-9H2,1-3H3,(H,30,36)(H,29,31,34)(H,32,33,35). The molecule has 4 aromatic rings. The van der Waals surface area contributed by atoms with Gasteiger partial charge in [-0.1, -0.05) is 29.5 Å². The smallest absolute Gasteiger partial charge is 0.255 e. The summed E-state index contributed by atoms with van der Waals surface area (Å²) in [5.41, 5.74) is 3.46. The summed E-state index contributed by atoms with van der Waals surface area (Å²) in [5.74, 6) is 0.211. The lowest BCUT2D eigenvalue weighted by Crippen LogP contribution is -2.17. The van der Waals surface area contributed by atoms with E-state index in [-0.39, 0.29) is 17.7 Å². The predicted octanol–water partition coefficient (Wildman–Crippen LogP) is 5.54. The SMILES string of the molecule is Cc1ccc(NC(=O)c2cccc(C(C)(C)C#N)c2)cc1Nc1ncc2nc(NC(=O)C3CC3)sc2n1. The van der Waals surface area contributed by atoms with E-state index in [1.165, 1.54) is 11.3 Å². The van der Waals surface area contributed by atoms with Crippen molar-refractivity contribution in [1.82, 2.24) is 15.0 Å². The molecule has 186 valence electrons. The van der Waals surface area contributed by atoms with Gasteiger partial charge in [-0.25, -0.2) is 9.97 Å². The Morgan fingerprint density at radius 1 is 1.11 bits per heavy atom. The summed E-state index contributed by atoms with van der Waals surface area (Å²) in [6, 6.07) is 14.9. The molecule has 0 radical (unpaired) electrons. The molecule has 0 aliphatic heterocycles. The van der Waals surface area contributed by atoms with Crippen molar-refractivity contribution in [2.24, 2.45) is 5.92 Å². The normalized spacial score (nSPS) is 13.1. The van der Waals surface area contributed by atoms with Gasteiger partial charge in [-0.2, -0.15) is 10.2 Å². The molecule has 9 nitrogen and oxygen atoms in total. The van der Waals surface area contributed by atoms with E-state index in [4.69, 9.17) is 0 Å². The number of aryl methyl sites for hydroxylation is 1. The zero-order valence-electron chi connectivity index (χ0n) is 20.6. The maximum atomic E-state index is 12.9. The number of hydrogen-bond acceptors (Lipinski definition) is 8. The second-order valence-electron chi connectivity index (χ2n) is 9.59.